The molecule has 4 nitrogen and oxygen atoms in total. The second kappa shape index (κ2) is 9.28. The number of carbonyl (C=O) groups is 2. The third-order valence-electron chi connectivity index (χ3n) is 3.35. The molecule has 1 amide bonds. The van der Waals surface area contributed by atoms with Gasteiger partial charge in [-0.1, -0.05) is 45.7 Å². The van der Waals surface area contributed by atoms with E-state index in [1.165, 1.54) is 0 Å². The summed E-state index contributed by atoms with van der Waals surface area (Å²) >= 11 is 3.36. The number of nitrogens with one attached hydrogen (secondary N) is 1. The average molecular weight is 386 g/mol. The Bertz CT molecular complexity index is 701. The number of carbonyl (C=O) groups excluding carboxylic acids is 2. The van der Waals surface area contributed by atoms with Gasteiger partial charge in [-0.2, -0.15) is 0 Å². The normalized spacial score (nSPS) is 10.2. The molecule has 0 bridgehead atoms. The van der Waals surface area contributed by atoms with Gasteiger partial charge in [-0.3, -0.25) is 9.59 Å². The molecule has 24 heavy (non-hydrogen) atoms. The van der Waals surface area contributed by atoms with E-state index in [1.807, 2.05) is 6.07 Å². The molecule has 0 aliphatic rings. The Kier molecular flexibility index (Phi) is 7.06. The number of aldehydes is 1. The van der Waals surface area contributed by atoms with Gasteiger partial charge < -0.3 is 10.1 Å². The molecule has 0 saturated heterocycles. The Labute approximate surface area is 151 Å². The average Bonchev–Trinajstić information content (AvgIpc) is 2.56. The first-order valence-corrected chi connectivity index (χ1v) is 8.40. The van der Waals surface area contributed by atoms with E-state index >= 15 is 0 Å². The predicted molar refractivity (Wildman–Crippen MR) is 98.4 cm³/mol. The molecule has 0 unspecified atom stereocenters. The van der Waals surface area contributed by atoms with Crippen molar-refractivity contribution < 1.29 is 14.3 Å². The van der Waals surface area contributed by atoms with E-state index in [1.54, 1.807) is 36.4 Å². The number of rotatable bonds is 8. The third-order valence-corrected chi connectivity index (χ3v) is 3.81. The second-order valence-electron chi connectivity index (χ2n) is 5.24. The minimum Gasteiger partial charge on any atom is -0.494 e. The summed E-state index contributed by atoms with van der Waals surface area (Å²) in [6.45, 7) is 1.06. The van der Waals surface area contributed by atoms with Crippen LogP contribution < -0.4 is 15.5 Å². The Morgan fingerprint density at radius 1 is 1.21 bits per heavy atom. The molecule has 0 aliphatic heterocycles. The highest BCUT2D eigenvalue weighted by atomic mass is 79.9. The maximum atomic E-state index is 12.0. The fraction of sp³-hybridized carbons (Fsp3) is 0.222. The summed E-state index contributed by atoms with van der Waals surface area (Å²) in [6.07, 6.45) is 2.26. The molecule has 0 aliphatic carbocycles. The number of ether oxygens (including phenoxy) is 1. The third kappa shape index (κ3) is 5.53. The van der Waals surface area contributed by atoms with Gasteiger partial charge in [0.1, 0.15) is 13.6 Å². The molecule has 122 valence electrons. The fourth-order valence-corrected chi connectivity index (χ4v) is 2.68. The lowest BCUT2D eigenvalue weighted by molar-refractivity contribution is 0.0947. The fourth-order valence-electron chi connectivity index (χ4n) is 2.19. The van der Waals surface area contributed by atoms with Crippen LogP contribution in [-0.2, 0) is 0 Å². The van der Waals surface area contributed by atoms with Crippen LogP contribution in [0.1, 0.15) is 33.6 Å². The molecule has 1 N–H and O–H groups in total. The second-order valence-corrected chi connectivity index (χ2v) is 6.15. The quantitative estimate of drug-likeness (QED) is 0.431. The smallest absolute Gasteiger partial charge is 0.252 e. The number of hydrogen-bond acceptors (Lipinski definition) is 3. The van der Waals surface area contributed by atoms with E-state index in [2.05, 4.69) is 21.2 Å². The lowest BCUT2D eigenvalue weighted by Gasteiger charge is -2.09. The number of hydrogen-bond donors (Lipinski definition) is 1. The van der Waals surface area contributed by atoms with Crippen molar-refractivity contribution in [3.05, 3.63) is 58.1 Å². The minimum absolute atomic E-state index is 0.238. The molecule has 2 rings (SSSR count). The van der Waals surface area contributed by atoms with E-state index in [4.69, 9.17) is 12.6 Å². The van der Waals surface area contributed by atoms with Gasteiger partial charge in [0.25, 0.3) is 5.91 Å². The molecular formula is C18H17BBrNO3. The predicted octanol–water partition coefficient (Wildman–Crippen LogP) is 2.64. The van der Waals surface area contributed by atoms with E-state index in [0.29, 0.717) is 41.8 Å². The van der Waals surface area contributed by atoms with E-state index in [0.717, 1.165) is 17.3 Å². The molecule has 2 radical (unpaired) electrons. The van der Waals surface area contributed by atoms with Gasteiger partial charge in [-0.05, 0) is 31.0 Å². The molecule has 0 aromatic heterocycles. The van der Waals surface area contributed by atoms with E-state index < -0.39 is 0 Å². The van der Waals surface area contributed by atoms with Crippen molar-refractivity contribution in [1.82, 2.24) is 5.32 Å². The van der Waals surface area contributed by atoms with Gasteiger partial charge >= 0.3 is 0 Å². The van der Waals surface area contributed by atoms with Gasteiger partial charge in [0.15, 0.2) is 6.29 Å². The van der Waals surface area contributed by atoms with Crippen molar-refractivity contribution in [2.24, 2.45) is 0 Å². The molecular weight excluding hydrogens is 369 g/mol. The lowest BCUT2D eigenvalue weighted by Crippen LogP contribution is -2.25. The van der Waals surface area contributed by atoms with Crippen LogP contribution in [0.5, 0.6) is 5.75 Å². The first-order valence-electron chi connectivity index (χ1n) is 7.61. The SMILES string of the molecule is [B]c1cc(Br)cc(OCCCCNC(=O)c2ccccc2C=O)c1. The highest BCUT2D eigenvalue weighted by Gasteiger charge is 2.09. The van der Waals surface area contributed by atoms with Crippen molar-refractivity contribution in [1.29, 1.82) is 0 Å². The van der Waals surface area contributed by atoms with Crippen LogP contribution in [0.3, 0.4) is 0 Å². The maximum absolute atomic E-state index is 12.0. The molecule has 0 saturated carbocycles. The van der Waals surface area contributed by atoms with Crippen LogP contribution in [-0.4, -0.2) is 33.2 Å². The van der Waals surface area contributed by atoms with Gasteiger partial charge in [-0.25, -0.2) is 0 Å². The Morgan fingerprint density at radius 3 is 2.75 bits per heavy atom. The summed E-state index contributed by atoms with van der Waals surface area (Å²) in [5.74, 6) is 0.476. The molecule has 2 aromatic rings. The number of benzene rings is 2. The summed E-state index contributed by atoms with van der Waals surface area (Å²) in [5.41, 5.74) is 1.43. The van der Waals surface area contributed by atoms with Crippen molar-refractivity contribution in [2.45, 2.75) is 12.8 Å². The summed E-state index contributed by atoms with van der Waals surface area (Å²) in [4.78, 5) is 23.0. The van der Waals surface area contributed by atoms with E-state index in [9.17, 15) is 9.59 Å². The van der Waals surface area contributed by atoms with Crippen molar-refractivity contribution in [3.8, 4) is 5.75 Å². The highest BCUT2D eigenvalue weighted by molar-refractivity contribution is 9.10. The van der Waals surface area contributed by atoms with Gasteiger partial charge in [0.2, 0.25) is 0 Å². The molecule has 6 heteroatoms. The highest BCUT2D eigenvalue weighted by Crippen LogP contribution is 2.16. The summed E-state index contributed by atoms with van der Waals surface area (Å²) < 4.78 is 6.50. The van der Waals surface area contributed by atoms with E-state index in [-0.39, 0.29) is 5.91 Å². The summed E-state index contributed by atoms with van der Waals surface area (Å²) in [7, 11) is 5.74. The maximum Gasteiger partial charge on any atom is 0.252 e. The van der Waals surface area contributed by atoms with Gasteiger partial charge in [-0.15, -0.1) is 0 Å². The van der Waals surface area contributed by atoms with Crippen molar-refractivity contribution >= 4 is 41.4 Å². The summed E-state index contributed by atoms with van der Waals surface area (Å²) in [6, 6.07) is 12.2. The Hall–Kier alpha value is -2.08. The topological polar surface area (TPSA) is 55.4 Å². The molecule has 0 fully saturated rings. The zero-order chi connectivity index (χ0) is 17.4. The zero-order valence-corrected chi connectivity index (χ0v) is 14.7. The Balaban J connectivity index is 1.69. The van der Waals surface area contributed by atoms with Crippen LogP contribution in [0, 0.1) is 0 Å². The summed E-state index contributed by atoms with van der Waals surface area (Å²) in [5, 5.41) is 2.81. The van der Waals surface area contributed by atoms with Gasteiger partial charge in [0, 0.05) is 22.1 Å². The first-order chi connectivity index (χ1) is 11.6. The zero-order valence-electron chi connectivity index (χ0n) is 13.1. The number of amides is 1. The van der Waals surface area contributed by atoms with Crippen molar-refractivity contribution in [3.63, 3.8) is 0 Å². The standard InChI is InChI=1S/C18H17BBrNO3/c19-14-9-15(20)11-16(10-14)24-8-4-3-7-21-18(23)17-6-2-1-5-13(17)12-22/h1-2,5-6,9-12H,3-4,7-8H2,(H,21,23). The lowest BCUT2D eigenvalue weighted by atomic mass is 9.96. The number of unbranched alkanes of at least 4 members (excludes halogenated alkanes) is 1. The molecule has 2 aromatic carbocycles. The molecule has 0 spiro atoms. The monoisotopic (exact) mass is 385 g/mol. The van der Waals surface area contributed by atoms with Crippen LogP contribution in [0.2, 0.25) is 0 Å². The minimum atomic E-state index is -0.238. The number of halogens is 1. The molecule has 0 heterocycles. The van der Waals surface area contributed by atoms with Gasteiger partial charge in [0.05, 0.1) is 6.61 Å². The largest absolute Gasteiger partial charge is 0.494 e. The first kappa shape index (κ1) is 18.3. The Morgan fingerprint density at radius 2 is 2.00 bits per heavy atom. The van der Waals surface area contributed by atoms with Crippen LogP contribution >= 0.6 is 15.9 Å². The van der Waals surface area contributed by atoms with Crippen LogP contribution in [0.25, 0.3) is 0 Å². The van der Waals surface area contributed by atoms with Crippen LogP contribution in [0.4, 0.5) is 0 Å². The van der Waals surface area contributed by atoms with Crippen LogP contribution in [0.15, 0.2) is 46.9 Å². The molecule has 0 atom stereocenters. The van der Waals surface area contributed by atoms with Crippen molar-refractivity contribution in [2.75, 3.05) is 13.2 Å².